The van der Waals surface area contributed by atoms with E-state index >= 15 is 0 Å². The highest BCUT2D eigenvalue weighted by atomic mass is 32.1. The lowest BCUT2D eigenvalue weighted by atomic mass is 9.87. The molecule has 1 rings (SSSR count). The van der Waals surface area contributed by atoms with Crippen LogP contribution < -0.4 is 5.32 Å². The molecule has 2 N–H and O–H groups in total. The highest BCUT2D eigenvalue weighted by Gasteiger charge is 2.33. The molecule has 0 saturated carbocycles. The predicted octanol–water partition coefficient (Wildman–Crippen LogP) is 2.39. The lowest BCUT2D eigenvalue weighted by Gasteiger charge is -2.29. The first-order valence-electron chi connectivity index (χ1n) is 5.97. The number of nitrogens with one attached hydrogen (secondary N) is 1. The van der Waals surface area contributed by atoms with E-state index < -0.39 is 17.4 Å². The largest absolute Gasteiger partial charge is 0.480 e. The summed E-state index contributed by atoms with van der Waals surface area (Å²) in [5, 5.41) is 15.6. The monoisotopic (exact) mass is 284 g/mol. The van der Waals surface area contributed by atoms with Crippen LogP contribution in [-0.2, 0) is 11.3 Å². The van der Waals surface area contributed by atoms with Gasteiger partial charge in [0.2, 0.25) is 0 Å². The number of carboxylic acid groups (broad SMARTS) is 1. The molecular formula is C13H20N2O3S. The molecule has 1 aromatic heterocycles. The van der Waals surface area contributed by atoms with E-state index in [2.05, 4.69) is 5.32 Å². The van der Waals surface area contributed by atoms with Crippen LogP contribution in [0.15, 0.2) is 16.8 Å². The molecule has 1 atom stereocenters. The molecule has 0 unspecified atom stereocenters. The van der Waals surface area contributed by atoms with Crippen molar-refractivity contribution in [3.05, 3.63) is 22.4 Å². The Kier molecular flexibility index (Phi) is 4.94. The van der Waals surface area contributed by atoms with Gasteiger partial charge in [0.25, 0.3) is 0 Å². The van der Waals surface area contributed by atoms with Gasteiger partial charge in [-0.2, -0.15) is 11.3 Å². The first-order chi connectivity index (χ1) is 8.71. The van der Waals surface area contributed by atoms with Gasteiger partial charge in [-0.15, -0.1) is 0 Å². The molecule has 106 valence electrons. The Balaban J connectivity index is 2.64. The van der Waals surface area contributed by atoms with Crippen LogP contribution in [0.4, 0.5) is 4.79 Å². The second kappa shape index (κ2) is 6.06. The minimum absolute atomic E-state index is 0.381. The third-order valence-corrected chi connectivity index (χ3v) is 3.46. The van der Waals surface area contributed by atoms with Gasteiger partial charge in [0, 0.05) is 13.6 Å². The maximum absolute atomic E-state index is 12.0. The number of carboxylic acids is 1. The zero-order valence-electron chi connectivity index (χ0n) is 11.6. The van der Waals surface area contributed by atoms with Crippen molar-refractivity contribution in [2.24, 2.45) is 5.41 Å². The minimum Gasteiger partial charge on any atom is -0.480 e. The molecule has 6 heteroatoms. The van der Waals surface area contributed by atoms with Crippen LogP contribution in [0.5, 0.6) is 0 Å². The van der Waals surface area contributed by atoms with Crippen LogP contribution in [0.3, 0.4) is 0 Å². The molecule has 0 aliphatic heterocycles. The van der Waals surface area contributed by atoms with Crippen molar-refractivity contribution in [2.45, 2.75) is 33.4 Å². The molecule has 0 fully saturated rings. The molecule has 1 heterocycles. The summed E-state index contributed by atoms with van der Waals surface area (Å²) in [7, 11) is 1.65. The van der Waals surface area contributed by atoms with Crippen molar-refractivity contribution in [3.8, 4) is 0 Å². The summed E-state index contributed by atoms with van der Waals surface area (Å²) >= 11 is 1.56. The number of hydrogen-bond donors (Lipinski definition) is 2. The summed E-state index contributed by atoms with van der Waals surface area (Å²) in [5.74, 6) is -1.02. The Morgan fingerprint density at radius 3 is 2.53 bits per heavy atom. The van der Waals surface area contributed by atoms with Gasteiger partial charge in [-0.25, -0.2) is 9.59 Å². The van der Waals surface area contributed by atoms with Gasteiger partial charge in [0.15, 0.2) is 0 Å². The zero-order valence-corrected chi connectivity index (χ0v) is 12.5. The SMILES string of the molecule is CN(Cc1ccsc1)C(=O)N[C@H](C(=O)O)C(C)(C)C. The van der Waals surface area contributed by atoms with E-state index in [9.17, 15) is 9.59 Å². The molecule has 1 aromatic rings. The van der Waals surface area contributed by atoms with Gasteiger partial charge in [-0.05, 0) is 27.8 Å². The van der Waals surface area contributed by atoms with Crippen LogP contribution >= 0.6 is 11.3 Å². The summed E-state index contributed by atoms with van der Waals surface area (Å²) in [6.07, 6.45) is 0. The minimum atomic E-state index is -1.02. The van der Waals surface area contributed by atoms with Crippen molar-refractivity contribution < 1.29 is 14.7 Å². The second-order valence-corrected chi connectivity index (χ2v) is 6.35. The summed E-state index contributed by atoms with van der Waals surface area (Å²) in [5.41, 5.74) is 0.496. The van der Waals surface area contributed by atoms with Crippen molar-refractivity contribution in [2.75, 3.05) is 7.05 Å². The molecule has 0 saturated heterocycles. The Hall–Kier alpha value is -1.56. The summed E-state index contributed by atoms with van der Waals surface area (Å²) < 4.78 is 0. The number of carbonyl (C=O) groups is 2. The molecule has 0 aliphatic rings. The van der Waals surface area contributed by atoms with Crippen molar-refractivity contribution in [3.63, 3.8) is 0 Å². The number of aliphatic carboxylic acids is 1. The molecule has 0 spiro atoms. The van der Waals surface area contributed by atoms with Crippen LogP contribution in [0.2, 0.25) is 0 Å². The van der Waals surface area contributed by atoms with E-state index in [0.717, 1.165) is 5.56 Å². The molecule has 0 bridgehead atoms. The van der Waals surface area contributed by atoms with Gasteiger partial charge in [0.1, 0.15) is 6.04 Å². The predicted molar refractivity (Wildman–Crippen MR) is 75.2 cm³/mol. The third-order valence-electron chi connectivity index (χ3n) is 2.73. The highest BCUT2D eigenvalue weighted by Crippen LogP contribution is 2.19. The molecule has 19 heavy (non-hydrogen) atoms. The topological polar surface area (TPSA) is 69.6 Å². The fraction of sp³-hybridized carbons (Fsp3) is 0.538. The Morgan fingerprint density at radius 1 is 1.47 bits per heavy atom. The first kappa shape index (κ1) is 15.5. The lowest BCUT2D eigenvalue weighted by molar-refractivity contribution is -0.142. The third kappa shape index (κ3) is 4.55. The van der Waals surface area contributed by atoms with E-state index in [4.69, 9.17) is 5.11 Å². The van der Waals surface area contributed by atoms with Gasteiger partial charge in [-0.1, -0.05) is 20.8 Å². The van der Waals surface area contributed by atoms with Gasteiger partial charge >= 0.3 is 12.0 Å². The fourth-order valence-electron chi connectivity index (χ4n) is 1.61. The van der Waals surface area contributed by atoms with Crippen LogP contribution in [0, 0.1) is 5.41 Å². The number of rotatable bonds is 4. The molecule has 0 aromatic carbocycles. The first-order valence-corrected chi connectivity index (χ1v) is 6.91. The Morgan fingerprint density at radius 2 is 2.11 bits per heavy atom. The smallest absolute Gasteiger partial charge is 0.326 e. The zero-order chi connectivity index (χ0) is 14.6. The summed E-state index contributed by atoms with van der Waals surface area (Å²) in [4.78, 5) is 24.7. The number of thiophene rings is 1. The normalized spacial score (nSPS) is 12.8. The van der Waals surface area contributed by atoms with Gasteiger partial charge in [0.05, 0.1) is 0 Å². The molecule has 0 aliphatic carbocycles. The van der Waals surface area contributed by atoms with Crippen LogP contribution in [0.25, 0.3) is 0 Å². The Labute approximate surface area is 117 Å². The number of amides is 2. The molecule has 2 amide bonds. The Bertz CT molecular complexity index is 437. The van der Waals surface area contributed by atoms with Crippen molar-refractivity contribution in [1.82, 2.24) is 10.2 Å². The summed E-state index contributed by atoms with van der Waals surface area (Å²) in [6, 6.07) is 0.644. The van der Waals surface area contributed by atoms with E-state index in [-0.39, 0.29) is 6.03 Å². The molecular weight excluding hydrogens is 264 g/mol. The molecule has 0 radical (unpaired) electrons. The number of urea groups is 1. The lowest BCUT2D eigenvalue weighted by Crippen LogP contribution is -2.52. The van der Waals surface area contributed by atoms with E-state index in [0.29, 0.717) is 6.54 Å². The standard InChI is InChI=1S/C13H20N2O3S/c1-13(2,3)10(11(16)17)14-12(18)15(4)7-9-5-6-19-8-9/h5-6,8,10H,7H2,1-4H3,(H,14,18)(H,16,17)/t10-/m1/s1. The van der Waals surface area contributed by atoms with Crippen molar-refractivity contribution >= 4 is 23.3 Å². The van der Waals surface area contributed by atoms with E-state index in [1.54, 1.807) is 39.2 Å². The summed E-state index contributed by atoms with van der Waals surface area (Å²) in [6.45, 7) is 5.81. The van der Waals surface area contributed by atoms with E-state index in [1.807, 2.05) is 16.8 Å². The van der Waals surface area contributed by atoms with E-state index in [1.165, 1.54) is 4.90 Å². The average molecular weight is 284 g/mol. The average Bonchev–Trinajstić information content (AvgIpc) is 2.75. The van der Waals surface area contributed by atoms with Crippen LogP contribution in [0.1, 0.15) is 26.3 Å². The maximum atomic E-state index is 12.0. The number of nitrogens with zero attached hydrogens (tertiary/aromatic N) is 1. The van der Waals surface area contributed by atoms with Gasteiger partial charge in [-0.3, -0.25) is 0 Å². The van der Waals surface area contributed by atoms with Gasteiger partial charge < -0.3 is 15.3 Å². The maximum Gasteiger partial charge on any atom is 0.326 e. The number of carbonyl (C=O) groups excluding carboxylic acids is 1. The molecule has 5 nitrogen and oxygen atoms in total. The highest BCUT2D eigenvalue weighted by molar-refractivity contribution is 7.07. The number of hydrogen-bond acceptors (Lipinski definition) is 3. The quantitative estimate of drug-likeness (QED) is 0.892. The van der Waals surface area contributed by atoms with Crippen molar-refractivity contribution in [1.29, 1.82) is 0 Å². The fourth-order valence-corrected chi connectivity index (χ4v) is 2.27. The van der Waals surface area contributed by atoms with Crippen LogP contribution in [-0.4, -0.2) is 35.1 Å². The second-order valence-electron chi connectivity index (χ2n) is 5.57.